The largest absolute Gasteiger partial charge is 0.323 e. The molecular weight excluding hydrogens is 276 g/mol. The van der Waals surface area contributed by atoms with Crippen LogP contribution in [0.25, 0.3) is 0 Å². The fraction of sp³-hybridized carbons (Fsp3) is 0.118. The molecule has 5 nitrogen and oxygen atoms in total. The number of hydrogen-bond donors (Lipinski definition) is 1. The van der Waals surface area contributed by atoms with Crippen molar-refractivity contribution >= 4 is 23.5 Å². The third kappa shape index (κ3) is 2.88. The number of carbonyl (C=O) groups is 1. The Hall–Kier alpha value is -2.95. The van der Waals surface area contributed by atoms with Crippen molar-refractivity contribution in [3.63, 3.8) is 0 Å². The van der Waals surface area contributed by atoms with Gasteiger partial charge in [-0.25, -0.2) is 5.01 Å². The zero-order valence-corrected chi connectivity index (χ0v) is 12.0. The summed E-state index contributed by atoms with van der Waals surface area (Å²) in [5.41, 5.74) is 3.59. The van der Waals surface area contributed by atoms with Gasteiger partial charge >= 0.3 is 0 Å². The summed E-state index contributed by atoms with van der Waals surface area (Å²) in [6.45, 7) is 0. The summed E-state index contributed by atoms with van der Waals surface area (Å²) in [5.74, 6) is 5.13. The first-order valence-corrected chi connectivity index (χ1v) is 7.07. The van der Waals surface area contributed by atoms with E-state index in [1.807, 2.05) is 54.6 Å². The van der Waals surface area contributed by atoms with E-state index in [0.717, 1.165) is 22.5 Å². The molecule has 0 fully saturated rings. The number of amides is 1. The van der Waals surface area contributed by atoms with Gasteiger partial charge in [-0.3, -0.25) is 4.79 Å². The SMILES string of the molecule is NN=Cc1ccc(N2N=C(c3ccccc3)CCC2=O)cc1. The quantitative estimate of drug-likeness (QED) is 0.536. The van der Waals surface area contributed by atoms with Gasteiger partial charge in [0.25, 0.3) is 0 Å². The molecule has 0 spiro atoms. The lowest BCUT2D eigenvalue weighted by molar-refractivity contribution is -0.118. The summed E-state index contributed by atoms with van der Waals surface area (Å²) in [5, 5.41) is 9.47. The van der Waals surface area contributed by atoms with Crippen molar-refractivity contribution in [2.45, 2.75) is 12.8 Å². The van der Waals surface area contributed by atoms with Gasteiger partial charge in [0.2, 0.25) is 5.91 Å². The van der Waals surface area contributed by atoms with Crippen LogP contribution in [0.3, 0.4) is 0 Å². The molecule has 2 aromatic carbocycles. The third-order valence-electron chi connectivity index (χ3n) is 3.50. The Bertz CT molecular complexity index is 720. The zero-order chi connectivity index (χ0) is 15.4. The van der Waals surface area contributed by atoms with Crippen LogP contribution in [0.1, 0.15) is 24.0 Å². The molecule has 2 N–H and O–H groups in total. The van der Waals surface area contributed by atoms with E-state index in [4.69, 9.17) is 5.84 Å². The summed E-state index contributed by atoms with van der Waals surface area (Å²) in [6, 6.07) is 17.3. The molecule has 5 heteroatoms. The van der Waals surface area contributed by atoms with Gasteiger partial charge in [0.05, 0.1) is 17.6 Å². The highest BCUT2D eigenvalue weighted by Gasteiger charge is 2.22. The monoisotopic (exact) mass is 292 g/mol. The van der Waals surface area contributed by atoms with E-state index in [2.05, 4.69) is 10.2 Å². The summed E-state index contributed by atoms with van der Waals surface area (Å²) in [6.07, 6.45) is 2.68. The molecule has 1 amide bonds. The molecule has 0 bridgehead atoms. The standard InChI is InChI=1S/C17H16N4O/c18-19-12-13-6-8-15(9-7-13)21-17(22)11-10-16(20-21)14-4-2-1-3-5-14/h1-9,12H,10-11,18H2. The van der Waals surface area contributed by atoms with Crippen LogP contribution in [-0.4, -0.2) is 17.8 Å². The Morgan fingerprint density at radius 3 is 2.45 bits per heavy atom. The summed E-state index contributed by atoms with van der Waals surface area (Å²) in [7, 11) is 0. The van der Waals surface area contributed by atoms with Crippen LogP contribution < -0.4 is 10.9 Å². The van der Waals surface area contributed by atoms with Crippen LogP contribution in [0.2, 0.25) is 0 Å². The Morgan fingerprint density at radius 1 is 1.05 bits per heavy atom. The molecule has 0 radical (unpaired) electrons. The van der Waals surface area contributed by atoms with Crippen LogP contribution in [0.5, 0.6) is 0 Å². The van der Waals surface area contributed by atoms with E-state index >= 15 is 0 Å². The highest BCUT2D eigenvalue weighted by molar-refractivity contribution is 6.08. The van der Waals surface area contributed by atoms with Crippen LogP contribution in [-0.2, 0) is 4.79 Å². The van der Waals surface area contributed by atoms with E-state index in [1.165, 1.54) is 5.01 Å². The molecule has 0 aliphatic carbocycles. The van der Waals surface area contributed by atoms with Gasteiger partial charge in [-0.15, -0.1) is 0 Å². The third-order valence-corrected chi connectivity index (χ3v) is 3.50. The van der Waals surface area contributed by atoms with Crippen molar-refractivity contribution in [2.75, 3.05) is 5.01 Å². The normalized spacial score (nSPS) is 15.2. The molecule has 3 rings (SSSR count). The van der Waals surface area contributed by atoms with E-state index in [-0.39, 0.29) is 5.91 Å². The first-order valence-electron chi connectivity index (χ1n) is 7.07. The van der Waals surface area contributed by atoms with Crippen LogP contribution in [0.4, 0.5) is 5.69 Å². The zero-order valence-electron chi connectivity index (χ0n) is 12.0. The van der Waals surface area contributed by atoms with E-state index < -0.39 is 0 Å². The highest BCUT2D eigenvalue weighted by atomic mass is 16.2. The van der Waals surface area contributed by atoms with Gasteiger partial charge in [0.1, 0.15) is 0 Å². The van der Waals surface area contributed by atoms with Crippen LogP contribution >= 0.6 is 0 Å². The maximum Gasteiger partial charge on any atom is 0.247 e. The Labute approximate surface area is 128 Å². The number of hydrazone groups is 2. The Balaban J connectivity index is 1.92. The van der Waals surface area contributed by atoms with Crippen molar-refractivity contribution in [1.29, 1.82) is 0 Å². The predicted octanol–water partition coefficient (Wildman–Crippen LogP) is 2.51. The molecule has 0 saturated heterocycles. The Morgan fingerprint density at radius 2 is 1.77 bits per heavy atom. The maximum absolute atomic E-state index is 12.2. The molecule has 2 aromatic rings. The average Bonchev–Trinajstić information content (AvgIpc) is 2.57. The molecule has 1 heterocycles. The highest BCUT2D eigenvalue weighted by Crippen LogP contribution is 2.22. The van der Waals surface area contributed by atoms with Gasteiger partial charge in [-0.1, -0.05) is 42.5 Å². The molecule has 110 valence electrons. The molecule has 22 heavy (non-hydrogen) atoms. The second-order valence-electron chi connectivity index (χ2n) is 4.99. The first-order chi connectivity index (χ1) is 10.8. The second kappa shape index (κ2) is 6.22. The maximum atomic E-state index is 12.2. The number of nitrogens with zero attached hydrogens (tertiary/aromatic N) is 3. The number of nitrogens with two attached hydrogens (primary N) is 1. The van der Waals surface area contributed by atoms with E-state index in [9.17, 15) is 4.79 Å². The lowest BCUT2D eigenvalue weighted by atomic mass is 10.0. The number of hydrogen-bond acceptors (Lipinski definition) is 4. The summed E-state index contributed by atoms with van der Waals surface area (Å²) >= 11 is 0. The van der Waals surface area contributed by atoms with Crippen LogP contribution in [0, 0.1) is 0 Å². The van der Waals surface area contributed by atoms with Gasteiger partial charge in [0, 0.05) is 12.8 Å². The fourth-order valence-electron chi connectivity index (χ4n) is 2.38. The summed E-state index contributed by atoms with van der Waals surface area (Å²) in [4.78, 5) is 12.2. The van der Waals surface area contributed by atoms with Gasteiger partial charge < -0.3 is 5.84 Å². The fourth-order valence-corrected chi connectivity index (χ4v) is 2.38. The van der Waals surface area contributed by atoms with Crippen LogP contribution in [0.15, 0.2) is 64.8 Å². The minimum atomic E-state index is -0.0000712. The van der Waals surface area contributed by atoms with Gasteiger partial charge in [0.15, 0.2) is 0 Å². The summed E-state index contributed by atoms with van der Waals surface area (Å²) < 4.78 is 0. The minimum absolute atomic E-state index is 0.0000712. The van der Waals surface area contributed by atoms with Crippen molar-refractivity contribution in [3.05, 3.63) is 65.7 Å². The molecule has 0 saturated carbocycles. The number of rotatable bonds is 3. The second-order valence-corrected chi connectivity index (χ2v) is 4.99. The smallest absolute Gasteiger partial charge is 0.247 e. The van der Waals surface area contributed by atoms with Gasteiger partial charge in [-0.2, -0.15) is 10.2 Å². The molecule has 1 aliphatic rings. The number of benzene rings is 2. The number of carbonyl (C=O) groups excluding carboxylic acids is 1. The molecule has 0 unspecified atom stereocenters. The van der Waals surface area contributed by atoms with E-state index in [0.29, 0.717) is 12.8 Å². The number of anilines is 1. The lowest BCUT2D eigenvalue weighted by Crippen LogP contribution is -2.31. The molecule has 0 atom stereocenters. The Kier molecular flexibility index (Phi) is 3.96. The molecular formula is C17H16N4O. The van der Waals surface area contributed by atoms with E-state index in [1.54, 1.807) is 6.21 Å². The van der Waals surface area contributed by atoms with Gasteiger partial charge in [-0.05, 0) is 23.3 Å². The predicted molar refractivity (Wildman–Crippen MR) is 87.9 cm³/mol. The van der Waals surface area contributed by atoms with Crippen molar-refractivity contribution in [1.82, 2.24) is 0 Å². The van der Waals surface area contributed by atoms with Crippen molar-refractivity contribution in [2.24, 2.45) is 16.0 Å². The molecule has 0 aromatic heterocycles. The lowest BCUT2D eigenvalue weighted by Gasteiger charge is -2.23. The van der Waals surface area contributed by atoms with Crippen molar-refractivity contribution < 1.29 is 4.79 Å². The van der Waals surface area contributed by atoms with Crippen molar-refractivity contribution in [3.8, 4) is 0 Å². The molecule has 1 aliphatic heterocycles. The average molecular weight is 292 g/mol. The first kappa shape index (κ1) is 14.0. The topological polar surface area (TPSA) is 71.0 Å². The minimum Gasteiger partial charge on any atom is -0.323 e.